The fourth-order valence-corrected chi connectivity index (χ4v) is 1.43. The summed E-state index contributed by atoms with van der Waals surface area (Å²) in [5, 5.41) is 13.6. The number of amides is 2. The predicted molar refractivity (Wildman–Crippen MR) is 68.4 cm³/mol. The van der Waals surface area contributed by atoms with Gasteiger partial charge in [-0.05, 0) is 17.7 Å². The standard InChI is InChI=1S/C12H14ClFN2O3/c1-7(11(17)18)5-15-12(19)16-6-8-2-3-10(14)9(13)4-8/h2-4,7H,5-6H2,1H3,(H,17,18)(H2,15,16,19). The van der Waals surface area contributed by atoms with Gasteiger partial charge in [-0.2, -0.15) is 0 Å². The molecule has 1 rings (SSSR count). The summed E-state index contributed by atoms with van der Waals surface area (Å²) in [4.78, 5) is 21.9. The minimum atomic E-state index is -0.981. The van der Waals surface area contributed by atoms with Crippen molar-refractivity contribution in [2.24, 2.45) is 5.92 Å². The fourth-order valence-electron chi connectivity index (χ4n) is 1.23. The van der Waals surface area contributed by atoms with Gasteiger partial charge in [0.1, 0.15) is 5.82 Å². The van der Waals surface area contributed by atoms with Crippen LogP contribution in [0.2, 0.25) is 5.02 Å². The van der Waals surface area contributed by atoms with E-state index in [0.29, 0.717) is 5.56 Å². The van der Waals surface area contributed by atoms with E-state index in [-0.39, 0.29) is 18.1 Å². The maximum Gasteiger partial charge on any atom is 0.315 e. The Kier molecular flexibility index (Phi) is 5.57. The molecule has 19 heavy (non-hydrogen) atoms. The van der Waals surface area contributed by atoms with E-state index >= 15 is 0 Å². The Morgan fingerprint density at radius 1 is 1.42 bits per heavy atom. The molecular weight excluding hydrogens is 275 g/mol. The van der Waals surface area contributed by atoms with Crippen LogP contribution in [0.3, 0.4) is 0 Å². The first kappa shape index (κ1) is 15.2. The highest BCUT2D eigenvalue weighted by atomic mass is 35.5. The van der Waals surface area contributed by atoms with Gasteiger partial charge in [-0.1, -0.05) is 24.6 Å². The molecule has 0 saturated carbocycles. The lowest BCUT2D eigenvalue weighted by Crippen LogP contribution is -2.38. The Labute approximate surface area is 114 Å². The molecule has 3 N–H and O–H groups in total. The average molecular weight is 289 g/mol. The topological polar surface area (TPSA) is 78.4 Å². The second-order valence-electron chi connectivity index (χ2n) is 4.05. The number of rotatable bonds is 5. The lowest BCUT2D eigenvalue weighted by molar-refractivity contribution is -0.140. The molecule has 1 aromatic rings. The summed E-state index contributed by atoms with van der Waals surface area (Å²) in [6.45, 7) is 1.70. The number of carboxylic acid groups (broad SMARTS) is 1. The van der Waals surface area contributed by atoms with Gasteiger partial charge in [-0.3, -0.25) is 4.79 Å². The van der Waals surface area contributed by atoms with Crippen molar-refractivity contribution in [2.75, 3.05) is 6.54 Å². The zero-order valence-corrected chi connectivity index (χ0v) is 11.0. The van der Waals surface area contributed by atoms with Crippen molar-refractivity contribution in [1.29, 1.82) is 0 Å². The van der Waals surface area contributed by atoms with Crippen LogP contribution in [-0.4, -0.2) is 23.7 Å². The molecule has 0 fully saturated rings. The summed E-state index contributed by atoms with van der Waals surface area (Å²) >= 11 is 5.60. The van der Waals surface area contributed by atoms with Crippen LogP contribution in [0, 0.1) is 11.7 Å². The Morgan fingerprint density at radius 3 is 2.68 bits per heavy atom. The Hall–Kier alpha value is -1.82. The number of hydrogen-bond donors (Lipinski definition) is 3. The van der Waals surface area contributed by atoms with Crippen LogP contribution in [0.15, 0.2) is 18.2 Å². The molecule has 0 spiro atoms. The molecule has 0 aromatic heterocycles. The summed E-state index contributed by atoms with van der Waals surface area (Å²) in [5.41, 5.74) is 0.646. The third-order valence-electron chi connectivity index (χ3n) is 2.43. The maximum absolute atomic E-state index is 12.9. The lowest BCUT2D eigenvalue weighted by atomic mass is 10.2. The van der Waals surface area contributed by atoms with Crippen molar-refractivity contribution in [3.63, 3.8) is 0 Å². The van der Waals surface area contributed by atoms with Gasteiger partial charge in [0.15, 0.2) is 0 Å². The van der Waals surface area contributed by atoms with E-state index in [1.165, 1.54) is 25.1 Å². The van der Waals surface area contributed by atoms with Crippen molar-refractivity contribution in [3.8, 4) is 0 Å². The summed E-state index contributed by atoms with van der Waals surface area (Å²) in [7, 11) is 0. The Balaban J connectivity index is 2.37. The van der Waals surface area contributed by atoms with Crippen molar-refractivity contribution < 1.29 is 19.1 Å². The number of hydrogen-bond acceptors (Lipinski definition) is 2. The number of benzene rings is 1. The molecule has 0 aliphatic rings. The SMILES string of the molecule is CC(CNC(=O)NCc1ccc(F)c(Cl)c1)C(=O)O. The third kappa shape index (κ3) is 5.13. The van der Waals surface area contributed by atoms with Crippen molar-refractivity contribution in [3.05, 3.63) is 34.6 Å². The second kappa shape index (κ2) is 6.94. The third-order valence-corrected chi connectivity index (χ3v) is 2.72. The highest BCUT2D eigenvalue weighted by Crippen LogP contribution is 2.15. The van der Waals surface area contributed by atoms with Gasteiger partial charge < -0.3 is 15.7 Å². The van der Waals surface area contributed by atoms with Crippen LogP contribution >= 0.6 is 11.6 Å². The minimum Gasteiger partial charge on any atom is -0.481 e. The molecule has 0 aliphatic heterocycles. The van der Waals surface area contributed by atoms with Crippen molar-refractivity contribution in [1.82, 2.24) is 10.6 Å². The van der Waals surface area contributed by atoms with E-state index in [4.69, 9.17) is 16.7 Å². The summed E-state index contributed by atoms with van der Waals surface area (Å²) < 4.78 is 12.9. The fraction of sp³-hybridized carbons (Fsp3) is 0.333. The van der Waals surface area contributed by atoms with Gasteiger partial charge in [-0.15, -0.1) is 0 Å². The van der Waals surface area contributed by atoms with E-state index < -0.39 is 23.7 Å². The van der Waals surface area contributed by atoms with Crippen LogP contribution in [0.25, 0.3) is 0 Å². The Morgan fingerprint density at radius 2 is 2.11 bits per heavy atom. The molecule has 0 aliphatic carbocycles. The predicted octanol–water partition coefficient (Wildman–Crippen LogP) is 2.00. The maximum atomic E-state index is 12.9. The first-order chi connectivity index (χ1) is 8.90. The zero-order valence-electron chi connectivity index (χ0n) is 10.2. The zero-order chi connectivity index (χ0) is 14.4. The van der Waals surface area contributed by atoms with Crippen LogP contribution in [-0.2, 0) is 11.3 Å². The summed E-state index contributed by atoms with van der Waals surface area (Å²) in [6, 6.07) is 3.64. The van der Waals surface area contributed by atoms with E-state index in [1.807, 2.05) is 0 Å². The number of carbonyl (C=O) groups excluding carboxylic acids is 1. The van der Waals surface area contributed by atoms with E-state index in [0.717, 1.165) is 0 Å². The molecule has 7 heteroatoms. The highest BCUT2D eigenvalue weighted by Gasteiger charge is 2.11. The molecule has 104 valence electrons. The first-order valence-corrected chi connectivity index (χ1v) is 5.96. The van der Waals surface area contributed by atoms with Gasteiger partial charge in [-0.25, -0.2) is 9.18 Å². The summed E-state index contributed by atoms with van der Waals surface area (Å²) in [5.74, 6) is -2.17. The molecular formula is C12H14ClFN2O3. The molecule has 1 atom stereocenters. The molecule has 0 heterocycles. The number of aliphatic carboxylic acids is 1. The highest BCUT2D eigenvalue weighted by molar-refractivity contribution is 6.30. The van der Waals surface area contributed by atoms with Gasteiger partial charge in [0.05, 0.1) is 10.9 Å². The van der Waals surface area contributed by atoms with Gasteiger partial charge in [0.2, 0.25) is 0 Å². The van der Waals surface area contributed by atoms with Crippen LogP contribution in [0.4, 0.5) is 9.18 Å². The number of nitrogens with one attached hydrogen (secondary N) is 2. The first-order valence-electron chi connectivity index (χ1n) is 5.58. The monoisotopic (exact) mass is 288 g/mol. The van der Waals surface area contributed by atoms with E-state index in [2.05, 4.69) is 10.6 Å². The Bertz CT molecular complexity index is 482. The molecule has 0 bridgehead atoms. The van der Waals surface area contributed by atoms with Gasteiger partial charge in [0, 0.05) is 13.1 Å². The lowest BCUT2D eigenvalue weighted by Gasteiger charge is -2.10. The number of urea groups is 1. The van der Waals surface area contributed by atoms with Crippen molar-refractivity contribution in [2.45, 2.75) is 13.5 Å². The number of carboxylic acids is 1. The van der Waals surface area contributed by atoms with Crippen LogP contribution < -0.4 is 10.6 Å². The second-order valence-corrected chi connectivity index (χ2v) is 4.46. The molecule has 0 radical (unpaired) electrons. The molecule has 0 saturated heterocycles. The number of carbonyl (C=O) groups is 2. The van der Waals surface area contributed by atoms with Gasteiger partial charge in [0.25, 0.3) is 0 Å². The summed E-state index contributed by atoms with van der Waals surface area (Å²) in [6.07, 6.45) is 0. The normalized spacial score (nSPS) is 11.7. The minimum absolute atomic E-state index is 0.0146. The quantitative estimate of drug-likeness (QED) is 0.775. The van der Waals surface area contributed by atoms with Crippen molar-refractivity contribution >= 4 is 23.6 Å². The van der Waals surface area contributed by atoms with E-state index in [1.54, 1.807) is 0 Å². The van der Waals surface area contributed by atoms with Crippen LogP contribution in [0.1, 0.15) is 12.5 Å². The van der Waals surface area contributed by atoms with Gasteiger partial charge >= 0.3 is 12.0 Å². The van der Waals surface area contributed by atoms with Crippen LogP contribution in [0.5, 0.6) is 0 Å². The van der Waals surface area contributed by atoms with E-state index in [9.17, 15) is 14.0 Å². The molecule has 2 amide bonds. The molecule has 1 aromatic carbocycles. The largest absolute Gasteiger partial charge is 0.481 e. The average Bonchev–Trinajstić information content (AvgIpc) is 2.37. The molecule has 5 nitrogen and oxygen atoms in total. The smallest absolute Gasteiger partial charge is 0.315 e. The molecule has 1 unspecified atom stereocenters. The number of halogens is 2.